The van der Waals surface area contributed by atoms with E-state index in [2.05, 4.69) is 17.6 Å². The van der Waals surface area contributed by atoms with Gasteiger partial charge >= 0.3 is 12.0 Å². The molecular weight excluding hydrogens is 256 g/mol. The van der Waals surface area contributed by atoms with Gasteiger partial charge in [0.2, 0.25) is 0 Å². The molecule has 5 heteroatoms. The van der Waals surface area contributed by atoms with E-state index in [9.17, 15) is 9.59 Å². The highest BCUT2D eigenvalue weighted by molar-refractivity contribution is 5.89. The zero-order valence-corrected chi connectivity index (χ0v) is 12.1. The molecule has 0 aromatic heterocycles. The van der Waals surface area contributed by atoms with Crippen LogP contribution in [-0.2, 0) is 11.2 Å². The minimum absolute atomic E-state index is 0.0309. The minimum atomic E-state index is -0.896. The predicted octanol–water partition coefficient (Wildman–Crippen LogP) is 2.73. The van der Waals surface area contributed by atoms with Crippen LogP contribution in [0.5, 0.6) is 0 Å². The molecule has 0 aliphatic carbocycles. The van der Waals surface area contributed by atoms with E-state index in [0.717, 1.165) is 6.42 Å². The molecule has 3 N–H and O–H groups in total. The number of carbonyl (C=O) groups is 2. The summed E-state index contributed by atoms with van der Waals surface area (Å²) < 4.78 is 0. The van der Waals surface area contributed by atoms with Crippen LogP contribution in [0.2, 0.25) is 0 Å². The fourth-order valence-electron chi connectivity index (χ4n) is 1.81. The number of hydrogen-bond donors (Lipinski definition) is 3. The van der Waals surface area contributed by atoms with Gasteiger partial charge in [-0.25, -0.2) is 4.79 Å². The van der Waals surface area contributed by atoms with E-state index in [1.807, 2.05) is 38.1 Å². The van der Waals surface area contributed by atoms with Crippen molar-refractivity contribution in [2.45, 2.75) is 27.2 Å². The van der Waals surface area contributed by atoms with Gasteiger partial charge in [0, 0.05) is 12.2 Å². The Morgan fingerprint density at radius 3 is 2.25 bits per heavy atom. The van der Waals surface area contributed by atoms with Gasteiger partial charge in [-0.05, 0) is 30.0 Å². The molecule has 1 rings (SSSR count). The van der Waals surface area contributed by atoms with E-state index in [1.54, 1.807) is 0 Å². The fraction of sp³-hybridized carbons (Fsp3) is 0.467. The zero-order valence-electron chi connectivity index (χ0n) is 12.1. The molecule has 2 amide bonds. The monoisotopic (exact) mass is 278 g/mol. The highest BCUT2D eigenvalue weighted by Gasteiger charge is 2.21. The number of aryl methyl sites for hydroxylation is 1. The molecule has 1 aromatic rings. The van der Waals surface area contributed by atoms with Crippen LogP contribution in [0.15, 0.2) is 24.3 Å². The predicted molar refractivity (Wildman–Crippen MR) is 78.8 cm³/mol. The maximum absolute atomic E-state index is 11.7. The summed E-state index contributed by atoms with van der Waals surface area (Å²) in [4.78, 5) is 22.7. The first-order chi connectivity index (χ1) is 9.43. The average Bonchev–Trinajstić information content (AvgIpc) is 2.39. The number of benzene rings is 1. The topological polar surface area (TPSA) is 78.4 Å². The van der Waals surface area contributed by atoms with Crippen LogP contribution in [0.3, 0.4) is 0 Å². The number of carboxylic acids is 1. The van der Waals surface area contributed by atoms with Crippen LogP contribution < -0.4 is 10.6 Å². The summed E-state index contributed by atoms with van der Waals surface area (Å²) in [6.45, 7) is 5.82. The Kier molecular flexibility index (Phi) is 6.03. The van der Waals surface area contributed by atoms with Crippen LogP contribution in [0.1, 0.15) is 26.3 Å². The van der Waals surface area contributed by atoms with Crippen LogP contribution >= 0.6 is 0 Å². The van der Waals surface area contributed by atoms with Gasteiger partial charge in [0.15, 0.2) is 0 Å². The molecule has 0 heterocycles. The van der Waals surface area contributed by atoms with Crippen molar-refractivity contribution in [3.8, 4) is 0 Å². The lowest BCUT2D eigenvalue weighted by Crippen LogP contribution is -2.37. The third kappa shape index (κ3) is 4.91. The van der Waals surface area contributed by atoms with Crippen molar-refractivity contribution in [1.82, 2.24) is 5.32 Å². The maximum atomic E-state index is 11.7. The Balaban J connectivity index is 2.48. The Labute approximate surface area is 119 Å². The van der Waals surface area contributed by atoms with Gasteiger partial charge in [-0.1, -0.05) is 32.9 Å². The van der Waals surface area contributed by atoms with E-state index in [1.165, 1.54) is 5.56 Å². The van der Waals surface area contributed by atoms with Gasteiger partial charge in [0.1, 0.15) is 0 Å². The third-order valence-electron chi connectivity index (χ3n) is 3.22. The summed E-state index contributed by atoms with van der Waals surface area (Å²) in [5.74, 6) is -1.51. The second-order valence-electron chi connectivity index (χ2n) is 5.07. The molecular formula is C15H22N2O3. The number of amides is 2. The number of hydrogen-bond acceptors (Lipinski definition) is 2. The summed E-state index contributed by atoms with van der Waals surface area (Å²) in [5.41, 5.74) is 1.89. The largest absolute Gasteiger partial charge is 0.481 e. The summed E-state index contributed by atoms with van der Waals surface area (Å²) in [7, 11) is 0. The molecule has 0 aliphatic heterocycles. The Bertz CT molecular complexity index is 455. The standard InChI is InChI=1S/C15H22N2O3/c1-4-11-5-7-12(8-6-11)17-15(20)16-9-13(10(2)3)14(18)19/h5-8,10,13H,4,9H2,1-3H3,(H,18,19)(H2,16,17,20). The molecule has 20 heavy (non-hydrogen) atoms. The van der Waals surface area contributed by atoms with E-state index in [0.29, 0.717) is 5.69 Å². The zero-order chi connectivity index (χ0) is 15.1. The maximum Gasteiger partial charge on any atom is 0.319 e. The van der Waals surface area contributed by atoms with Gasteiger partial charge in [-0.2, -0.15) is 0 Å². The molecule has 0 saturated carbocycles. The fourth-order valence-corrected chi connectivity index (χ4v) is 1.81. The number of carboxylic acid groups (broad SMARTS) is 1. The van der Waals surface area contributed by atoms with E-state index in [4.69, 9.17) is 5.11 Å². The van der Waals surface area contributed by atoms with Gasteiger partial charge in [-0.15, -0.1) is 0 Å². The summed E-state index contributed by atoms with van der Waals surface area (Å²) >= 11 is 0. The quantitative estimate of drug-likeness (QED) is 0.748. The van der Waals surface area contributed by atoms with Crippen molar-refractivity contribution in [3.05, 3.63) is 29.8 Å². The van der Waals surface area contributed by atoms with Crippen molar-refractivity contribution in [2.24, 2.45) is 11.8 Å². The molecule has 5 nitrogen and oxygen atoms in total. The van der Waals surface area contributed by atoms with E-state index in [-0.39, 0.29) is 18.5 Å². The third-order valence-corrected chi connectivity index (χ3v) is 3.22. The van der Waals surface area contributed by atoms with Gasteiger partial charge < -0.3 is 15.7 Å². The Morgan fingerprint density at radius 1 is 1.20 bits per heavy atom. The van der Waals surface area contributed by atoms with E-state index < -0.39 is 11.9 Å². The van der Waals surface area contributed by atoms with Crippen molar-refractivity contribution in [3.63, 3.8) is 0 Å². The smallest absolute Gasteiger partial charge is 0.319 e. The minimum Gasteiger partial charge on any atom is -0.481 e. The Hall–Kier alpha value is -2.04. The lowest BCUT2D eigenvalue weighted by molar-refractivity contribution is -0.142. The van der Waals surface area contributed by atoms with Gasteiger partial charge in [0.25, 0.3) is 0 Å². The molecule has 110 valence electrons. The Morgan fingerprint density at radius 2 is 1.80 bits per heavy atom. The number of urea groups is 1. The number of nitrogens with one attached hydrogen (secondary N) is 2. The molecule has 1 atom stereocenters. The number of aliphatic carboxylic acids is 1. The normalized spacial score (nSPS) is 12.0. The highest BCUT2D eigenvalue weighted by atomic mass is 16.4. The molecule has 0 fully saturated rings. The molecule has 0 saturated heterocycles. The van der Waals surface area contributed by atoms with Gasteiger partial charge in [0.05, 0.1) is 5.92 Å². The molecule has 0 bridgehead atoms. The molecule has 0 spiro atoms. The summed E-state index contributed by atoms with van der Waals surface area (Å²) in [6, 6.07) is 7.17. The van der Waals surface area contributed by atoms with Crippen molar-refractivity contribution in [2.75, 3.05) is 11.9 Å². The number of carbonyl (C=O) groups excluding carboxylic acids is 1. The highest BCUT2D eigenvalue weighted by Crippen LogP contribution is 2.11. The molecule has 1 aromatic carbocycles. The SMILES string of the molecule is CCc1ccc(NC(=O)NCC(C(=O)O)C(C)C)cc1. The van der Waals surface area contributed by atoms with Crippen molar-refractivity contribution < 1.29 is 14.7 Å². The second kappa shape index (κ2) is 7.53. The van der Waals surface area contributed by atoms with E-state index >= 15 is 0 Å². The average molecular weight is 278 g/mol. The van der Waals surface area contributed by atoms with Crippen molar-refractivity contribution in [1.29, 1.82) is 0 Å². The summed E-state index contributed by atoms with van der Waals surface area (Å²) in [6.07, 6.45) is 0.946. The first-order valence-electron chi connectivity index (χ1n) is 6.80. The van der Waals surface area contributed by atoms with Crippen LogP contribution in [0.4, 0.5) is 10.5 Å². The first-order valence-corrected chi connectivity index (χ1v) is 6.80. The second-order valence-corrected chi connectivity index (χ2v) is 5.07. The number of anilines is 1. The van der Waals surface area contributed by atoms with Crippen LogP contribution in [0.25, 0.3) is 0 Å². The van der Waals surface area contributed by atoms with Crippen molar-refractivity contribution >= 4 is 17.7 Å². The summed E-state index contributed by atoms with van der Waals surface area (Å²) in [5, 5.41) is 14.3. The molecule has 1 unspecified atom stereocenters. The van der Waals surface area contributed by atoms with Crippen LogP contribution in [-0.4, -0.2) is 23.7 Å². The molecule has 0 aliphatic rings. The first kappa shape index (κ1) is 16.0. The lowest BCUT2D eigenvalue weighted by atomic mass is 9.96. The molecule has 0 radical (unpaired) electrons. The van der Waals surface area contributed by atoms with Gasteiger partial charge in [-0.3, -0.25) is 4.79 Å². The van der Waals surface area contributed by atoms with Crippen LogP contribution in [0, 0.1) is 11.8 Å². The lowest BCUT2D eigenvalue weighted by Gasteiger charge is -2.17. The number of rotatable bonds is 6.